The van der Waals surface area contributed by atoms with Crippen LogP contribution in [0.5, 0.6) is 0 Å². The van der Waals surface area contributed by atoms with Crippen LogP contribution < -0.4 is 5.32 Å². The van der Waals surface area contributed by atoms with Crippen molar-refractivity contribution < 1.29 is 4.42 Å². The minimum Gasteiger partial charge on any atom is -0.468 e. The van der Waals surface area contributed by atoms with Crippen LogP contribution in [0.2, 0.25) is 0 Å². The third kappa shape index (κ3) is 5.93. The molecule has 0 unspecified atom stereocenters. The Bertz CT molecular complexity index is 421. The lowest BCUT2D eigenvalue weighted by Gasteiger charge is -2.34. The molecule has 0 radical (unpaired) electrons. The Kier molecular flexibility index (Phi) is 5.60. The van der Waals surface area contributed by atoms with Crippen LogP contribution in [0.3, 0.4) is 0 Å². The van der Waals surface area contributed by atoms with Gasteiger partial charge in [0.15, 0.2) is 0 Å². The largest absolute Gasteiger partial charge is 0.468 e. The van der Waals surface area contributed by atoms with Crippen molar-refractivity contribution in [3.8, 4) is 0 Å². The molecule has 20 heavy (non-hydrogen) atoms. The van der Waals surface area contributed by atoms with Gasteiger partial charge in [-0.1, -0.05) is 6.08 Å². The third-order valence-electron chi connectivity index (χ3n) is 3.18. The SMILES string of the molecule is C=CCN(Cc1cc(CNC(C)(C)C)co1)C(C)(C)C. The minimum atomic E-state index is 0.102. The molecule has 1 heterocycles. The van der Waals surface area contributed by atoms with Gasteiger partial charge in [-0.15, -0.1) is 6.58 Å². The second-order valence-electron chi connectivity index (χ2n) is 7.36. The van der Waals surface area contributed by atoms with Gasteiger partial charge < -0.3 is 9.73 Å². The van der Waals surface area contributed by atoms with Gasteiger partial charge in [0.05, 0.1) is 12.8 Å². The molecule has 0 saturated heterocycles. The summed E-state index contributed by atoms with van der Waals surface area (Å²) in [4.78, 5) is 2.35. The Labute approximate surface area is 124 Å². The highest BCUT2D eigenvalue weighted by molar-refractivity contribution is 5.13. The monoisotopic (exact) mass is 278 g/mol. The molecule has 0 fully saturated rings. The molecular weight excluding hydrogens is 248 g/mol. The van der Waals surface area contributed by atoms with Crippen molar-refractivity contribution in [2.24, 2.45) is 0 Å². The van der Waals surface area contributed by atoms with E-state index in [0.717, 1.165) is 25.4 Å². The molecule has 0 aliphatic heterocycles. The number of hydrogen-bond donors (Lipinski definition) is 1. The zero-order valence-electron chi connectivity index (χ0n) is 13.9. The van der Waals surface area contributed by atoms with Crippen molar-refractivity contribution in [3.63, 3.8) is 0 Å². The minimum absolute atomic E-state index is 0.102. The van der Waals surface area contributed by atoms with Crippen LogP contribution in [0.1, 0.15) is 52.9 Å². The van der Waals surface area contributed by atoms with E-state index in [1.165, 1.54) is 5.56 Å². The fourth-order valence-electron chi connectivity index (χ4n) is 1.89. The Balaban J connectivity index is 2.64. The summed E-state index contributed by atoms with van der Waals surface area (Å²) in [6.07, 6.45) is 3.79. The molecule has 0 saturated carbocycles. The van der Waals surface area contributed by atoms with Gasteiger partial charge in [0, 0.05) is 29.7 Å². The van der Waals surface area contributed by atoms with E-state index >= 15 is 0 Å². The van der Waals surface area contributed by atoms with E-state index in [2.05, 4.69) is 64.4 Å². The summed E-state index contributed by atoms with van der Waals surface area (Å²) in [5, 5.41) is 3.47. The van der Waals surface area contributed by atoms with Crippen LogP contribution in [0, 0.1) is 0 Å². The van der Waals surface area contributed by atoms with E-state index in [0.29, 0.717) is 0 Å². The van der Waals surface area contributed by atoms with Crippen LogP contribution in [0.25, 0.3) is 0 Å². The van der Waals surface area contributed by atoms with E-state index < -0.39 is 0 Å². The second-order valence-corrected chi connectivity index (χ2v) is 7.36. The van der Waals surface area contributed by atoms with Crippen molar-refractivity contribution in [3.05, 3.63) is 36.3 Å². The first-order chi connectivity index (χ1) is 9.12. The van der Waals surface area contributed by atoms with Crippen molar-refractivity contribution in [2.45, 2.75) is 65.7 Å². The lowest BCUT2D eigenvalue weighted by molar-refractivity contribution is 0.134. The van der Waals surface area contributed by atoms with E-state index in [1.54, 1.807) is 0 Å². The molecule has 0 spiro atoms. The number of hydrogen-bond acceptors (Lipinski definition) is 3. The molecule has 1 rings (SSSR count). The van der Waals surface area contributed by atoms with E-state index in [-0.39, 0.29) is 11.1 Å². The van der Waals surface area contributed by atoms with Gasteiger partial charge >= 0.3 is 0 Å². The van der Waals surface area contributed by atoms with Gasteiger partial charge in [-0.25, -0.2) is 0 Å². The Morgan fingerprint density at radius 3 is 2.40 bits per heavy atom. The summed E-state index contributed by atoms with van der Waals surface area (Å²) in [5.74, 6) is 1.01. The smallest absolute Gasteiger partial charge is 0.118 e. The highest BCUT2D eigenvalue weighted by atomic mass is 16.3. The van der Waals surface area contributed by atoms with Gasteiger partial charge in [0.2, 0.25) is 0 Å². The molecule has 0 aliphatic carbocycles. The lowest BCUT2D eigenvalue weighted by Crippen LogP contribution is -2.40. The van der Waals surface area contributed by atoms with E-state index in [4.69, 9.17) is 4.42 Å². The number of nitrogens with zero attached hydrogens (tertiary/aromatic N) is 1. The maximum atomic E-state index is 5.69. The second kappa shape index (κ2) is 6.59. The normalized spacial score (nSPS) is 12.9. The molecule has 0 atom stereocenters. The van der Waals surface area contributed by atoms with Gasteiger partial charge in [0.25, 0.3) is 0 Å². The van der Waals surface area contributed by atoms with Crippen LogP contribution >= 0.6 is 0 Å². The third-order valence-corrected chi connectivity index (χ3v) is 3.18. The maximum absolute atomic E-state index is 5.69. The Morgan fingerprint density at radius 2 is 1.90 bits per heavy atom. The highest BCUT2D eigenvalue weighted by Gasteiger charge is 2.21. The molecule has 1 aromatic rings. The summed E-state index contributed by atoms with van der Waals surface area (Å²) >= 11 is 0. The molecule has 3 nitrogen and oxygen atoms in total. The van der Waals surface area contributed by atoms with Gasteiger partial charge in [0.1, 0.15) is 5.76 Å². The van der Waals surface area contributed by atoms with Gasteiger partial charge in [-0.3, -0.25) is 4.90 Å². The molecule has 0 aliphatic rings. The predicted molar refractivity (Wildman–Crippen MR) is 85.7 cm³/mol. The highest BCUT2D eigenvalue weighted by Crippen LogP contribution is 2.19. The fraction of sp³-hybridized carbons (Fsp3) is 0.647. The Hall–Kier alpha value is -1.06. The first-order valence-electron chi connectivity index (χ1n) is 7.29. The number of furan rings is 1. The molecule has 1 aromatic heterocycles. The van der Waals surface area contributed by atoms with Gasteiger partial charge in [-0.2, -0.15) is 0 Å². The zero-order valence-corrected chi connectivity index (χ0v) is 13.9. The molecule has 3 heteroatoms. The standard InChI is InChI=1S/C17H30N2O/c1-8-9-19(17(5,6)7)12-15-10-14(13-20-15)11-18-16(2,3)4/h8,10,13,18H,1,9,11-12H2,2-7H3. The summed E-state index contributed by atoms with van der Waals surface area (Å²) in [6.45, 7) is 19.5. The molecular formula is C17H30N2O. The maximum Gasteiger partial charge on any atom is 0.118 e. The van der Waals surface area contributed by atoms with E-state index in [1.807, 2.05) is 12.3 Å². The first-order valence-corrected chi connectivity index (χ1v) is 7.29. The summed E-state index contributed by atoms with van der Waals surface area (Å²) in [7, 11) is 0. The lowest BCUT2D eigenvalue weighted by atomic mass is 10.1. The topological polar surface area (TPSA) is 28.4 Å². The number of rotatable bonds is 6. The average Bonchev–Trinajstić information content (AvgIpc) is 2.71. The van der Waals surface area contributed by atoms with E-state index in [9.17, 15) is 0 Å². The van der Waals surface area contributed by atoms with Crippen LogP contribution in [-0.2, 0) is 13.1 Å². The van der Waals surface area contributed by atoms with Crippen molar-refractivity contribution in [2.75, 3.05) is 6.54 Å². The van der Waals surface area contributed by atoms with Crippen molar-refractivity contribution >= 4 is 0 Å². The fourth-order valence-corrected chi connectivity index (χ4v) is 1.89. The Morgan fingerprint density at radius 1 is 1.25 bits per heavy atom. The molecule has 114 valence electrons. The number of nitrogens with one attached hydrogen (secondary N) is 1. The molecule has 0 amide bonds. The first kappa shape index (κ1) is 17.0. The van der Waals surface area contributed by atoms with Crippen LogP contribution in [0.15, 0.2) is 29.4 Å². The average molecular weight is 278 g/mol. The molecule has 1 N–H and O–H groups in total. The quantitative estimate of drug-likeness (QED) is 0.799. The summed E-state index contributed by atoms with van der Waals surface area (Å²) in [6, 6.07) is 2.14. The van der Waals surface area contributed by atoms with Crippen LogP contribution in [0.4, 0.5) is 0 Å². The van der Waals surface area contributed by atoms with Gasteiger partial charge in [-0.05, 0) is 47.6 Å². The van der Waals surface area contributed by atoms with Crippen molar-refractivity contribution in [1.29, 1.82) is 0 Å². The predicted octanol–water partition coefficient (Wildman–Crippen LogP) is 3.95. The van der Waals surface area contributed by atoms with Crippen molar-refractivity contribution in [1.82, 2.24) is 10.2 Å². The molecule has 0 bridgehead atoms. The molecule has 0 aromatic carbocycles. The summed E-state index contributed by atoms with van der Waals surface area (Å²) < 4.78 is 5.69. The van der Waals surface area contributed by atoms with Crippen LogP contribution in [-0.4, -0.2) is 22.5 Å². The summed E-state index contributed by atoms with van der Waals surface area (Å²) in [5.41, 5.74) is 1.42. The zero-order chi connectivity index (χ0) is 15.4.